The maximum atomic E-state index is 11.6. The highest BCUT2D eigenvalue weighted by atomic mass is 16.1. The van der Waals surface area contributed by atoms with Crippen LogP contribution >= 0.6 is 0 Å². The molecule has 1 aromatic heterocycles. The van der Waals surface area contributed by atoms with E-state index in [0.29, 0.717) is 11.3 Å². The van der Waals surface area contributed by atoms with E-state index in [4.69, 9.17) is 5.26 Å². The number of aromatic amines is 1. The van der Waals surface area contributed by atoms with Crippen LogP contribution < -0.4 is 5.32 Å². The van der Waals surface area contributed by atoms with E-state index in [0.717, 1.165) is 0 Å². The van der Waals surface area contributed by atoms with Crippen LogP contribution in [0.4, 0.5) is 5.69 Å². The third-order valence-electron chi connectivity index (χ3n) is 2.03. The van der Waals surface area contributed by atoms with Crippen molar-refractivity contribution in [1.82, 2.24) is 10.2 Å². The average Bonchev–Trinajstić information content (AvgIpc) is 2.83. The van der Waals surface area contributed by atoms with Gasteiger partial charge in [0.2, 0.25) is 0 Å². The number of rotatable bonds is 2. The molecule has 2 N–H and O–H groups in total. The summed E-state index contributed by atoms with van der Waals surface area (Å²) in [4.78, 5) is 11.6. The Bertz CT molecular complexity index is 539. The first-order valence-corrected chi connectivity index (χ1v) is 4.61. The van der Waals surface area contributed by atoms with E-state index in [-0.39, 0.29) is 11.6 Å². The summed E-state index contributed by atoms with van der Waals surface area (Å²) in [6, 6.07) is 10.4. The van der Waals surface area contributed by atoms with Crippen molar-refractivity contribution in [2.75, 3.05) is 5.32 Å². The number of anilines is 1. The Morgan fingerprint density at radius 2 is 2.19 bits per heavy atom. The average molecular weight is 212 g/mol. The third kappa shape index (κ3) is 1.91. The molecule has 1 heterocycles. The molecule has 1 aromatic carbocycles. The van der Waals surface area contributed by atoms with E-state index in [1.165, 1.54) is 0 Å². The number of para-hydroxylation sites is 1. The molecular weight excluding hydrogens is 204 g/mol. The highest BCUT2D eigenvalue weighted by molar-refractivity contribution is 6.03. The predicted octanol–water partition coefficient (Wildman–Crippen LogP) is 1.53. The summed E-state index contributed by atoms with van der Waals surface area (Å²) in [5.74, 6) is -0.344. The number of nitrogens with one attached hydrogen (secondary N) is 2. The molecule has 0 saturated carbocycles. The van der Waals surface area contributed by atoms with Gasteiger partial charge in [-0.05, 0) is 18.2 Å². The van der Waals surface area contributed by atoms with Gasteiger partial charge in [-0.1, -0.05) is 12.1 Å². The van der Waals surface area contributed by atoms with E-state index in [9.17, 15) is 4.79 Å². The van der Waals surface area contributed by atoms with E-state index in [1.807, 2.05) is 6.07 Å². The van der Waals surface area contributed by atoms with Crippen LogP contribution in [0.25, 0.3) is 0 Å². The van der Waals surface area contributed by atoms with Gasteiger partial charge < -0.3 is 5.32 Å². The zero-order chi connectivity index (χ0) is 11.4. The fourth-order valence-electron chi connectivity index (χ4n) is 1.26. The van der Waals surface area contributed by atoms with E-state index < -0.39 is 0 Å². The van der Waals surface area contributed by atoms with Crippen LogP contribution in [0.3, 0.4) is 0 Å². The van der Waals surface area contributed by atoms with Crippen LogP contribution in [0, 0.1) is 11.3 Å². The molecule has 5 heteroatoms. The fraction of sp³-hybridized carbons (Fsp3) is 0. The molecule has 2 aromatic rings. The molecule has 1 amide bonds. The van der Waals surface area contributed by atoms with Crippen molar-refractivity contribution >= 4 is 11.6 Å². The highest BCUT2D eigenvalue weighted by Crippen LogP contribution is 2.14. The second-order valence-corrected chi connectivity index (χ2v) is 3.07. The first-order valence-electron chi connectivity index (χ1n) is 4.61. The molecule has 0 unspecified atom stereocenters. The number of carbonyl (C=O) groups is 1. The minimum absolute atomic E-state index is 0.285. The smallest absolute Gasteiger partial charge is 0.276 e. The monoisotopic (exact) mass is 212 g/mol. The number of nitrogens with zero attached hydrogens (tertiary/aromatic N) is 2. The van der Waals surface area contributed by atoms with Crippen molar-refractivity contribution in [3.63, 3.8) is 0 Å². The normalized spacial score (nSPS) is 9.44. The molecule has 0 aliphatic heterocycles. The summed E-state index contributed by atoms with van der Waals surface area (Å²) in [6.45, 7) is 0. The number of amides is 1. The van der Waals surface area contributed by atoms with E-state index in [2.05, 4.69) is 15.5 Å². The molecule has 0 atom stereocenters. The summed E-state index contributed by atoms with van der Waals surface area (Å²) in [5, 5.41) is 17.8. The number of aromatic nitrogens is 2. The Balaban J connectivity index is 2.22. The lowest BCUT2D eigenvalue weighted by molar-refractivity contribution is 0.102. The van der Waals surface area contributed by atoms with Crippen LogP contribution in [0.5, 0.6) is 0 Å². The fourth-order valence-corrected chi connectivity index (χ4v) is 1.26. The Kier molecular flexibility index (Phi) is 2.65. The number of hydrogen-bond acceptors (Lipinski definition) is 3. The first-order chi connectivity index (χ1) is 7.81. The Morgan fingerprint density at radius 1 is 1.38 bits per heavy atom. The molecule has 0 fully saturated rings. The molecular formula is C11H8N4O. The van der Waals surface area contributed by atoms with Crippen molar-refractivity contribution in [1.29, 1.82) is 5.26 Å². The van der Waals surface area contributed by atoms with Crippen molar-refractivity contribution in [3.05, 3.63) is 47.8 Å². The van der Waals surface area contributed by atoms with Gasteiger partial charge in [0, 0.05) is 6.20 Å². The van der Waals surface area contributed by atoms with E-state index in [1.54, 1.807) is 36.5 Å². The van der Waals surface area contributed by atoms with Gasteiger partial charge in [-0.3, -0.25) is 9.89 Å². The number of H-pyrrole nitrogens is 1. The Hall–Kier alpha value is -2.61. The molecule has 16 heavy (non-hydrogen) atoms. The second kappa shape index (κ2) is 4.28. The summed E-state index contributed by atoms with van der Waals surface area (Å²) in [5.41, 5.74) is 1.19. The number of nitriles is 1. The lowest BCUT2D eigenvalue weighted by atomic mass is 10.2. The van der Waals surface area contributed by atoms with Crippen LogP contribution in [0.1, 0.15) is 16.1 Å². The zero-order valence-electron chi connectivity index (χ0n) is 8.27. The van der Waals surface area contributed by atoms with Crippen LogP contribution in [-0.4, -0.2) is 16.1 Å². The zero-order valence-corrected chi connectivity index (χ0v) is 8.27. The maximum Gasteiger partial charge on any atom is 0.276 e. The van der Waals surface area contributed by atoms with Gasteiger partial charge in [0.05, 0.1) is 11.3 Å². The molecule has 0 aliphatic carbocycles. The topological polar surface area (TPSA) is 81.6 Å². The molecule has 0 aliphatic rings. The van der Waals surface area contributed by atoms with Gasteiger partial charge in [0.15, 0.2) is 0 Å². The van der Waals surface area contributed by atoms with Gasteiger partial charge >= 0.3 is 0 Å². The van der Waals surface area contributed by atoms with Gasteiger partial charge in [-0.15, -0.1) is 0 Å². The van der Waals surface area contributed by atoms with Crippen molar-refractivity contribution in [2.24, 2.45) is 0 Å². The van der Waals surface area contributed by atoms with Gasteiger partial charge in [0.1, 0.15) is 11.8 Å². The molecule has 0 bridgehead atoms. The van der Waals surface area contributed by atoms with E-state index >= 15 is 0 Å². The number of benzene rings is 1. The predicted molar refractivity (Wildman–Crippen MR) is 57.7 cm³/mol. The summed E-state index contributed by atoms with van der Waals surface area (Å²) < 4.78 is 0. The highest BCUT2D eigenvalue weighted by Gasteiger charge is 2.09. The second-order valence-electron chi connectivity index (χ2n) is 3.07. The molecule has 78 valence electrons. The van der Waals surface area contributed by atoms with Gasteiger partial charge in [-0.25, -0.2) is 0 Å². The van der Waals surface area contributed by atoms with Crippen molar-refractivity contribution in [2.45, 2.75) is 0 Å². The SMILES string of the molecule is N#Cc1ccccc1NC(=O)c1cc[nH]n1. The van der Waals surface area contributed by atoms with Crippen LogP contribution in [-0.2, 0) is 0 Å². The molecule has 0 spiro atoms. The van der Waals surface area contributed by atoms with Gasteiger partial charge in [-0.2, -0.15) is 10.4 Å². The number of carbonyl (C=O) groups excluding carboxylic acids is 1. The minimum atomic E-state index is -0.344. The molecule has 0 saturated heterocycles. The lowest BCUT2D eigenvalue weighted by Crippen LogP contribution is -2.13. The minimum Gasteiger partial charge on any atom is -0.319 e. The molecule has 2 rings (SSSR count). The van der Waals surface area contributed by atoms with Crippen LogP contribution in [0.15, 0.2) is 36.5 Å². The maximum absolute atomic E-state index is 11.6. The number of hydrogen-bond donors (Lipinski definition) is 2. The first kappa shape index (κ1) is 9.93. The Labute approximate surface area is 91.7 Å². The quantitative estimate of drug-likeness (QED) is 0.792. The molecule has 0 radical (unpaired) electrons. The largest absolute Gasteiger partial charge is 0.319 e. The summed E-state index contributed by atoms with van der Waals surface area (Å²) >= 11 is 0. The third-order valence-corrected chi connectivity index (χ3v) is 2.03. The summed E-state index contributed by atoms with van der Waals surface area (Å²) in [7, 11) is 0. The summed E-state index contributed by atoms with van der Waals surface area (Å²) in [6.07, 6.45) is 1.56. The van der Waals surface area contributed by atoms with Crippen LogP contribution in [0.2, 0.25) is 0 Å². The standard InChI is InChI=1S/C11H8N4O/c12-7-8-3-1-2-4-9(8)14-11(16)10-5-6-13-15-10/h1-6H,(H,13,15)(H,14,16). The lowest BCUT2D eigenvalue weighted by Gasteiger charge is -2.04. The Morgan fingerprint density at radius 3 is 2.88 bits per heavy atom. The van der Waals surface area contributed by atoms with Crippen molar-refractivity contribution in [3.8, 4) is 6.07 Å². The van der Waals surface area contributed by atoms with Gasteiger partial charge in [0.25, 0.3) is 5.91 Å². The van der Waals surface area contributed by atoms with Crippen molar-refractivity contribution < 1.29 is 4.79 Å². The molecule has 5 nitrogen and oxygen atoms in total.